The molecule has 1 N–H and O–H groups in total. The summed E-state index contributed by atoms with van der Waals surface area (Å²) < 4.78 is 13.3. The highest BCUT2D eigenvalue weighted by atomic mass is 79.9. The van der Waals surface area contributed by atoms with Gasteiger partial charge in [0.2, 0.25) is 0 Å². The Morgan fingerprint density at radius 1 is 1.15 bits per heavy atom. The Labute approximate surface area is 129 Å². The highest BCUT2D eigenvalue weighted by Crippen LogP contribution is 2.42. The molecular formula is C16H22BrNO2. The number of halogens is 1. The highest BCUT2D eigenvalue weighted by molar-refractivity contribution is 9.10. The van der Waals surface area contributed by atoms with Gasteiger partial charge in [0.25, 0.3) is 0 Å². The van der Waals surface area contributed by atoms with E-state index in [0.717, 1.165) is 30.5 Å². The predicted octanol–water partition coefficient (Wildman–Crippen LogP) is 3.64. The van der Waals surface area contributed by atoms with Crippen LogP contribution in [0.15, 0.2) is 28.7 Å². The zero-order valence-electron chi connectivity index (χ0n) is 12.1. The molecule has 1 aromatic carbocycles. The maximum absolute atomic E-state index is 6.09. The first-order valence-corrected chi connectivity index (χ1v) is 8.19. The second-order valence-electron chi connectivity index (χ2n) is 5.91. The molecule has 1 unspecified atom stereocenters. The summed E-state index contributed by atoms with van der Waals surface area (Å²) in [5, 5.41) is 3.70. The molecule has 0 radical (unpaired) electrons. The van der Waals surface area contributed by atoms with Crippen molar-refractivity contribution >= 4 is 15.9 Å². The van der Waals surface area contributed by atoms with Crippen LogP contribution in [0.1, 0.15) is 38.3 Å². The smallest absolute Gasteiger partial charge is 0.174 e. The molecule has 4 heteroatoms. The van der Waals surface area contributed by atoms with Crippen LogP contribution in [0.3, 0.4) is 0 Å². The molecule has 2 fully saturated rings. The van der Waals surface area contributed by atoms with E-state index >= 15 is 0 Å². The third-order valence-corrected chi connectivity index (χ3v) is 5.18. The summed E-state index contributed by atoms with van der Waals surface area (Å²) >= 11 is 3.49. The zero-order valence-corrected chi connectivity index (χ0v) is 13.7. The van der Waals surface area contributed by atoms with Crippen molar-refractivity contribution in [1.82, 2.24) is 5.32 Å². The van der Waals surface area contributed by atoms with E-state index in [-0.39, 0.29) is 6.04 Å². The van der Waals surface area contributed by atoms with Gasteiger partial charge >= 0.3 is 0 Å². The minimum absolute atomic E-state index is 0.285. The second kappa shape index (κ2) is 5.76. The summed E-state index contributed by atoms with van der Waals surface area (Å²) in [6.45, 7) is 6.06. The van der Waals surface area contributed by atoms with Crippen LogP contribution in [-0.4, -0.2) is 25.0 Å². The van der Waals surface area contributed by atoms with Crippen LogP contribution in [0.5, 0.6) is 0 Å². The predicted molar refractivity (Wildman–Crippen MR) is 82.5 cm³/mol. The molecule has 3 rings (SSSR count). The maximum Gasteiger partial charge on any atom is 0.174 e. The van der Waals surface area contributed by atoms with Crippen LogP contribution < -0.4 is 5.32 Å². The number of hydrogen-bond donors (Lipinski definition) is 1. The van der Waals surface area contributed by atoms with Crippen molar-refractivity contribution in [3.8, 4) is 0 Å². The lowest BCUT2D eigenvalue weighted by molar-refractivity contribution is -0.309. The van der Waals surface area contributed by atoms with Gasteiger partial charge in [-0.05, 0) is 31.0 Å². The van der Waals surface area contributed by atoms with Crippen molar-refractivity contribution in [2.45, 2.75) is 44.6 Å². The quantitative estimate of drug-likeness (QED) is 0.847. The summed E-state index contributed by atoms with van der Waals surface area (Å²) in [6, 6.07) is 9.18. The topological polar surface area (TPSA) is 30.5 Å². The summed E-state index contributed by atoms with van der Waals surface area (Å²) in [4.78, 5) is 0. The Balaban J connectivity index is 1.84. The van der Waals surface area contributed by atoms with Gasteiger partial charge in [-0.15, -0.1) is 0 Å². The number of nitrogens with one attached hydrogen (secondary N) is 1. The number of rotatable bonds is 1. The van der Waals surface area contributed by atoms with Crippen molar-refractivity contribution in [2.75, 3.05) is 13.2 Å². The van der Waals surface area contributed by atoms with Crippen molar-refractivity contribution in [1.29, 1.82) is 0 Å². The fourth-order valence-electron chi connectivity index (χ4n) is 3.25. The molecule has 0 saturated carbocycles. The average Bonchev–Trinajstić information content (AvgIpc) is 2.46. The van der Waals surface area contributed by atoms with E-state index in [1.807, 2.05) is 0 Å². The lowest BCUT2D eigenvalue weighted by Crippen LogP contribution is -2.59. The Kier molecular flexibility index (Phi) is 4.18. The third-order valence-electron chi connectivity index (χ3n) is 4.65. The average molecular weight is 340 g/mol. The van der Waals surface area contributed by atoms with E-state index in [1.165, 1.54) is 5.56 Å². The zero-order chi connectivity index (χ0) is 14.2. The van der Waals surface area contributed by atoms with Crippen molar-refractivity contribution in [2.24, 2.45) is 5.92 Å². The Hall–Kier alpha value is -0.420. The number of hydrogen-bond acceptors (Lipinski definition) is 3. The minimum Gasteiger partial charge on any atom is -0.349 e. The van der Waals surface area contributed by atoms with E-state index in [0.29, 0.717) is 12.0 Å². The van der Waals surface area contributed by atoms with E-state index in [9.17, 15) is 0 Å². The molecule has 2 saturated heterocycles. The molecule has 2 aliphatic heterocycles. The van der Waals surface area contributed by atoms with Gasteiger partial charge in [-0.2, -0.15) is 0 Å². The summed E-state index contributed by atoms with van der Waals surface area (Å²) in [6.07, 6.45) is 1.87. The molecular weight excluding hydrogens is 318 g/mol. The van der Waals surface area contributed by atoms with Crippen LogP contribution in [-0.2, 0) is 9.47 Å². The molecule has 1 aromatic rings. The summed E-state index contributed by atoms with van der Waals surface area (Å²) in [5.41, 5.74) is 1.30. The van der Waals surface area contributed by atoms with Crippen LogP contribution >= 0.6 is 15.9 Å². The number of piperidine rings is 1. The summed E-state index contributed by atoms with van der Waals surface area (Å²) in [5.74, 6) is -0.0600. The van der Waals surface area contributed by atoms with Crippen LogP contribution in [0.25, 0.3) is 0 Å². The SMILES string of the molecule is CC1[C@H](C)N[C@H](c2ccc(Br)cc2)CC12OCCCO2. The van der Waals surface area contributed by atoms with E-state index in [2.05, 4.69) is 59.4 Å². The minimum atomic E-state index is -0.416. The first-order valence-electron chi connectivity index (χ1n) is 7.40. The van der Waals surface area contributed by atoms with E-state index < -0.39 is 5.79 Å². The third kappa shape index (κ3) is 2.67. The first-order chi connectivity index (χ1) is 9.61. The van der Waals surface area contributed by atoms with Crippen molar-refractivity contribution in [3.05, 3.63) is 34.3 Å². The van der Waals surface area contributed by atoms with E-state index in [4.69, 9.17) is 9.47 Å². The summed E-state index contributed by atoms with van der Waals surface area (Å²) in [7, 11) is 0. The van der Waals surface area contributed by atoms with Gasteiger partial charge in [0.1, 0.15) is 0 Å². The normalized spacial score (nSPS) is 33.2. The van der Waals surface area contributed by atoms with E-state index in [1.54, 1.807) is 0 Å². The number of ether oxygens (including phenoxy) is 2. The molecule has 110 valence electrons. The van der Waals surface area contributed by atoms with Crippen LogP contribution in [0.4, 0.5) is 0 Å². The number of benzene rings is 1. The van der Waals surface area contributed by atoms with Gasteiger partial charge in [0.05, 0.1) is 13.2 Å². The lowest BCUT2D eigenvalue weighted by atomic mass is 9.81. The fraction of sp³-hybridized carbons (Fsp3) is 0.625. The fourth-order valence-corrected chi connectivity index (χ4v) is 3.52. The molecule has 20 heavy (non-hydrogen) atoms. The molecule has 0 bridgehead atoms. The van der Waals surface area contributed by atoms with Gasteiger partial charge in [0.15, 0.2) is 5.79 Å². The molecule has 0 amide bonds. The van der Waals surface area contributed by atoms with Gasteiger partial charge in [-0.1, -0.05) is 35.0 Å². The van der Waals surface area contributed by atoms with Gasteiger partial charge in [-0.3, -0.25) is 0 Å². The Morgan fingerprint density at radius 2 is 1.80 bits per heavy atom. The van der Waals surface area contributed by atoms with Crippen LogP contribution in [0, 0.1) is 5.92 Å². The molecule has 3 nitrogen and oxygen atoms in total. The standard InChI is InChI=1S/C16H22BrNO2/c1-11-12(2)18-15(13-4-6-14(17)7-5-13)10-16(11)19-8-3-9-20-16/h4-7,11-12,15,18H,3,8-10H2,1-2H3/t11?,12-,15-/m0/s1. The molecule has 0 aliphatic carbocycles. The monoisotopic (exact) mass is 339 g/mol. The molecule has 2 aliphatic rings. The first kappa shape index (κ1) is 14.5. The molecule has 0 aromatic heterocycles. The highest BCUT2D eigenvalue weighted by Gasteiger charge is 2.48. The van der Waals surface area contributed by atoms with Gasteiger partial charge < -0.3 is 14.8 Å². The van der Waals surface area contributed by atoms with Crippen molar-refractivity contribution in [3.63, 3.8) is 0 Å². The van der Waals surface area contributed by atoms with Gasteiger partial charge in [0, 0.05) is 28.9 Å². The largest absolute Gasteiger partial charge is 0.349 e. The Bertz CT molecular complexity index is 456. The molecule has 2 heterocycles. The lowest BCUT2D eigenvalue weighted by Gasteiger charge is -2.50. The second-order valence-corrected chi connectivity index (χ2v) is 6.83. The molecule has 3 atom stereocenters. The van der Waals surface area contributed by atoms with Crippen LogP contribution in [0.2, 0.25) is 0 Å². The van der Waals surface area contributed by atoms with Gasteiger partial charge in [-0.25, -0.2) is 0 Å². The van der Waals surface area contributed by atoms with Crippen molar-refractivity contribution < 1.29 is 9.47 Å². The Morgan fingerprint density at radius 3 is 2.45 bits per heavy atom. The maximum atomic E-state index is 6.09. The molecule has 1 spiro atoms.